The summed E-state index contributed by atoms with van der Waals surface area (Å²) in [6.07, 6.45) is 1.02. The van der Waals surface area contributed by atoms with Gasteiger partial charge in [-0.15, -0.1) is 5.10 Å². The molecule has 0 bridgehead atoms. The lowest BCUT2D eigenvalue weighted by atomic mass is 10.2. The van der Waals surface area contributed by atoms with Crippen molar-refractivity contribution in [2.75, 3.05) is 31.1 Å². The molecular formula is C13H16FN5O. The Morgan fingerprint density at radius 2 is 2.15 bits per heavy atom. The van der Waals surface area contributed by atoms with Gasteiger partial charge in [0.2, 0.25) is 5.95 Å². The molecule has 7 heteroatoms. The zero-order chi connectivity index (χ0) is 13.9. The molecule has 20 heavy (non-hydrogen) atoms. The molecule has 0 aliphatic carbocycles. The van der Waals surface area contributed by atoms with Crippen molar-refractivity contribution in [1.29, 1.82) is 0 Å². The Kier molecular flexibility index (Phi) is 3.51. The molecule has 0 saturated carbocycles. The SMILES string of the molecule is Oc1ccc(F)cc1-c1nc(N2CCCNCC2)n[nH]1. The van der Waals surface area contributed by atoms with Crippen LogP contribution in [0.15, 0.2) is 18.2 Å². The molecule has 1 saturated heterocycles. The normalized spacial score (nSPS) is 16.1. The largest absolute Gasteiger partial charge is 0.507 e. The Balaban J connectivity index is 1.87. The summed E-state index contributed by atoms with van der Waals surface area (Å²) in [6, 6.07) is 3.75. The van der Waals surface area contributed by atoms with Crippen molar-refractivity contribution in [3.63, 3.8) is 0 Å². The van der Waals surface area contributed by atoms with Crippen LogP contribution in [0.5, 0.6) is 5.75 Å². The number of aromatic nitrogens is 3. The molecule has 0 unspecified atom stereocenters. The summed E-state index contributed by atoms with van der Waals surface area (Å²) < 4.78 is 13.3. The monoisotopic (exact) mass is 277 g/mol. The fourth-order valence-corrected chi connectivity index (χ4v) is 2.26. The minimum Gasteiger partial charge on any atom is -0.507 e. The van der Waals surface area contributed by atoms with Gasteiger partial charge in [-0.3, -0.25) is 5.10 Å². The highest BCUT2D eigenvalue weighted by Gasteiger charge is 2.16. The molecule has 0 spiro atoms. The Bertz CT molecular complexity index is 592. The van der Waals surface area contributed by atoms with Crippen molar-refractivity contribution in [3.05, 3.63) is 24.0 Å². The van der Waals surface area contributed by atoms with E-state index in [9.17, 15) is 9.50 Å². The maximum Gasteiger partial charge on any atom is 0.245 e. The average molecular weight is 277 g/mol. The predicted octanol–water partition coefficient (Wildman–Crippen LogP) is 1.12. The van der Waals surface area contributed by atoms with Crippen LogP contribution in [-0.4, -0.2) is 46.5 Å². The van der Waals surface area contributed by atoms with Crippen LogP contribution < -0.4 is 10.2 Å². The van der Waals surface area contributed by atoms with Crippen LogP contribution in [0, 0.1) is 5.82 Å². The van der Waals surface area contributed by atoms with Gasteiger partial charge in [-0.2, -0.15) is 4.98 Å². The van der Waals surface area contributed by atoms with Gasteiger partial charge in [0.25, 0.3) is 0 Å². The number of hydrogen-bond acceptors (Lipinski definition) is 5. The Labute approximate surface area is 115 Å². The van der Waals surface area contributed by atoms with Crippen LogP contribution in [0.2, 0.25) is 0 Å². The molecule has 0 radical (unpaired) electrons. The first-order chi connectivity index (χ1) is 9.74. The number of phenols is 1. The van der Waals surface area contributed by atoms with Crippen LogP contribution in [0.3, 0.4) is 0 Å². The van der Waals surface area contributed by atoms with E-state index in [1.807, 2.05) is 0 Å². The average Bonchev–Trinajstić information content (AvgIpc) is 2.77. The number of hydrogen-bond donors (Lipinski definition) is 3. The van der Waals surface area contributed by atoms with E-state index in [1.54, 1.807) is 0 Å². The standard InChI is InChI=1S/C13H16FN5O/c14-9-2-3-11(20)10(8-9)12-16-13(18-17-12)19-6-1-4-15-5-7-19/h2-3,8,15,20H,1,4-7H2,(H,16,17,18). The minimum atomic E-state index is -0.422. The van der Waals surface area contributed by atoms with E-state index in [2.05, 4.69) is 25.4 Å². The van der Waals surface area contributed by atoms with Gasteiger partial charge < -0.3 is 15.3 Å². The lowest BCUT2D eigenvalue weighted by Crippen LogP contribution is -2.28. The second-order valence-electron chi connectivity index (χ2n) is 4.74. The highest BCUT2D eigenvalue weighted by atomic mass is 19.1. The Hall–Kier alpha value is -2.15. The second kappa shape index (κ2) is 5.46. The number of rotatable bonds is 2. The number of halogens is 1. The third-order valence-electron chi connectivity index (χ3n) is 3.31. The summed E-state index contributed by atoms with van der Waals surface area (Å²) in [5.74, 6) is 0.503. The van der Waals surface area contributed by atoms with Crippen molar-refractivity contribution < 1.29 is 9.50 Å². The second-order valence-corrected chi connectivity index (χ2v) is 4.74. The third kappa shape index (κ3) is 2.57. The van der Waals surface area contributed by atoms with Gasteiger partial charge in [-0.1, -0.05) is 0 Å². The van der Waals surface area contributed by atoms with Gasteiger partial charge in [0.15, 0.2) is 5.82 Å². The Morgan fingerprint density at radius 3 is 3.05 bits per heavy atom. The van der Waals surface area contributed by atoms with Crippen LogP contribution >= 0.6 is 0 Å². The van der Waals surface area contributed by atoms with E-state index in [4.69, 9.17) is 0 Å². The summed E-state index contributed by atoms with van der Waals surface area (Å²) in [6.45, 7) is 3.57. The molecule has 0 amide bonds. The lowest BCUT2D eigenvalue weighted by Gasteiger charge is -2.16. The van der Waals surface area contributed by atoms with Gasteiger partial charge in [0, 0.05) is 19.6 Å². The summed E-state index contributed by atoms with van der Waals surface area (Å²) in [5.41, 5.74) is 0.316. The summed E-state index contributed by atoms with van der Waals surface area (Å²) in [7, 11) is 0. The van der Waals surface area contributed by atoms with Crippen LogP contribution in [0.25, 0.3) is 11.4 Å². The van der Waals surface area contributed by atoms with E-state index in [0.29, 0.717) is 17.3 Å². The van der Waals surface area contributed by atoms with Gasteiger partial charge in [0.05, 0.1) is 5.56 Å². The number of aromatic amines is 1. The van der Waals surface area contributed by atoms with Crippen LogP contribution in [0.4, 0.5) is 10.3 Å². The number of benzene rings is 1. The zero-order valence-corrected chi connectivity index (χ0v) is 10.9. The van der Waals surface area contributed by atoms with Gasteiger partial charge in [-0.25, -0.2) is 4.39 Å². The molecule has 1 fully saturated rings. The first kappa shape index (κ1) is 12.9. The fraction of sp³-hybridized carbons (Fsp3) is 0.385. The molecular weight excluding hydrogens is 261 g/mol. The van der Waals surface area contributed by atoms with Gasteiger partial charge in [0.1, 0.15) is 11.6 Å². The lowest BCUT2D eigenvalue weighted by molar-refractivity contribution is 0.475. The molecule has 0 atom stereocenters. The third-order valence-corrected chi connectivity index (χ3v) is 3.31. The first-order valence-corrected chi connectivity index (χ1v) is 6.61. The van der Waals surface area contributed by atoms with E-state index < -0.39 is 5.82 Å². The highest BCUT2D eigenvalue weighted by molar-refractivity contribution is 5.64. The van der Waals surface area contributed by atoms with Crippen LogP contribution in [-0.2, 0) is 0 Å². The molecule has 2 aromatic rings. The fourth-order valence-electron chi connectivity index (χ4n) is 2.26. The number of aromatic hydroxyl groups is 1. The zero-order valence-electron chi connectivity index (χ0n) is 10.9. The van der Waals surface area contributed by atoms with Crippen molar-refractivity contribution in [2.45, 2.75) is 6.42 Å². The number of nitrogens with zero attached hydrogens (tertiary/aromatic N) is 3. The minimum absolute atomic E-state index is 0.0216. The number of phenolic OH excluding ortho intramolecular Hbond substituents is 1. The molecule has 2 heterocycles. The summed E-state index contributed by atoms with van der Waals surface area (Å²) >= 11 is 0. The van der Waals surface area contributed by atoms with Gasteiger partial charge in [-0.05, 0) is 31.2 Å². The van der Waals surface area contributed by atoms with Crippen molar-refractivity contribution in [2.24, 2.45) is 0 Å². The smallest absolute Gasteiger partial charge is 0.245 e. The number of anilines is 1. The van der Waals surface area contributed by atoms with E-state index in [0.717, 1.165) is 32.6 Å². The van der Waals surface area contributed by atoms with Gasteiger partial charge >= 0.3 is 0 Å². The van der Waals surface area contributed by atoms with E-state index in [-0.39, 0.29) is 5.75 Å². The van der Waals surface area contributed by atoms with Crippen molar-refractivity contribution >= 4 is 5.95 Å². The van der Waals surface area contributed by atoms with Crippen molar-refractivity contribution in [3.8, 4) is 17.1 Å². The number of nitrogens with one attached hydrogen (secondary N) is 2. The summed E-state index contributed by atoms with van der Waals surface area (Å²) in [5, 5.41) is 20.0. The number of H-pyrrole nitrogens is 1. The van der Waals surface area contributed by atoms with Crippen LogP contribution in [0.1, 0.15) is 6.42 Å². The molecule has 1 aromatic carbocycles. The summed E-state index contributed by atoms with van der Waals surface area (Å²) in [4.78, 5) is 6.42. The predicted molar refractivity (Wildman–Crippen MR) is 73.1 cm³/mol. The maximum atomic E-state index is 13.3. The molecule has 106 valence electrons. The molecule has 1 aromatic heterocycles. The Morgan fingerprint density at radius 1 is 1.25 bits per heavy atom. The topological polar surface area (TPSA) is 77.1 Å². The van der Waals surface area contributed by atoms with Crippen molar-refractivity contribution in [1.82, 2.24) is 20.5 Å². The first-order valence-electron chi connectivity index (χ1n) is 6.61. The quantitative estimate of drug-likeness (QED) is 0.766. The molecule has 3 rings (SSSR count). The maximum absolute atomic E-state index is 13.3. The molecule has 1 aliphatic rings. The highest BCUT2D eigenvalue weighted by Crippen LogP contribution is 2.27. The van der Waals surface area contributed by atoms with E-state index in [1.165, 1.54) is 18.2 Å². The molecule has 1 aliphatic heterocycles. The molecule has 3 N–H and O–H groups in total. The van der Waals surface area contributed by atoms with E-state index >= 15 is 0 Å². The molecule has 6 nitrogen and oxygen atoms in total.